The first-order valence-electron chi connectivity index (χ1n) is 8.40. The van der Waals surface area contributed by atoms with Crippen molar-refractivity contribution < 1.29 is 9.53 Å². The smallest absolute Gasteiger partial charge is 0.320 e. The Kier molecular flexibility index (Phi) is 5.45. The molecule has 1 unspecified atom stereocenters. The van der Waals surface area contributed by atoms with E-state index in [1.807, 2.05) is 31.2 Å². The van der Waals surface area contributed by atoms with Crippen LogP contribution in [0.5, 0.6) is 0 Å². The molecular formula is C18H23N5O2. The number of hydrogen-bond acceptors (Lipinski definition) is 5. The molecule has 1 atom stereocenters. The van der Waals surface area contributed by atoms with Crippen molar-refractivity contribution >= 4 is 17.7 Å². The van der Waals surface area contributed by atoms with Crippen LogP contribution in [0, 0.1) is 6.92 Å². The number of amides is 2. The van der Waals surface area contributed by atoms with Gasteiger partial charge in [0, 0.05) is 32.0 Å². The summed E-state index contributed by atoms with van der Waals surface area (Å²) in [6, 6.07) is 7.41. The van der Waals surface area contributed by atoms with E-state index >= 15 is 0 Å². The average molecular weight is 341 g/mol. The second-order valence-corrected chi connectivity index (χ2v) is 6.13. The van der Waals surface area contributed by atoms with Crippen LogP contribution in [0.15, 0.2) is 36.7 Å². The number of anilines is 2. The molecule has 1 saturated heterocycles. The van der Waals surface area contributed by atoms with Gasteiger partial charge < -0.3 is 15.0 Å². The molecule has 3 heterocycles. The first-order valence-corrected chi connectivity index (χ1v) is 8.40. The second-order valence-electron chi connectivity index (χ2n) is 6.13. The van der Waals surface area contributed by atoms with Gasteiger partial charge in [-0.3, -0.25) is 5.32 Å². The minimum absolute atomic E-state index is 0.218. The Balaban J connectivity index is 1.51. The molecule has 0 bridgehead atoms. The molecule has 1 aliphatic heterocycles. The summed E-state index contributed by atoms with van der Waals surface area (Å²) in [6.07, 6.45) is 3.66. The van der Waals surface area contributed by atoms with Crippen molar-refractivity contribution in [1.29, 1.82) is 0 Å². The Labute approximate surface area is 147 Å². The highest BCUT2D eigenvalue weighted by Gasteiger charge is 2.17. The number of carbonyl (C=O) groups is 1. The van der Waals surface area contributed by atoms with Gasteiger partial charge in [-0.1, -0.05) is 12.1 Å². The number of hydrogen-bond donors (Lipinski definition) is 2. The van der Waals surface area contributed by atoms with E-state index in [1.165, 1.54) is 0 Å². The molecule has 1 fully saturated rings. The Morgan fingerprint density at radius 3 is 2.96 bits per heavy atom. The van der Waals surface area contributed by atoms with E-state index in [9.17, 15) is 4.79 Å². The van der Waals surface area contributed by atoms with Gasteiger partial charge in [0.25, 0.3) is 0 Å². The number of urea groups is 1. The fourth-order valence-electron chi connectivity index (χ4n) is 2.69. The number of aryl methyl sites for hydroxylation is 1. The maximum Gasteiger partial charge on any atom is 0.320 e. The lowest BCUT2D eigenvalue weighted by Gasteiger charge is -2.32. The van der Waals surface area contributed by atoms with Crippen molar-refractivity contribution in [3.8, 4) is 0 Å². The van der Waals surface area contributed by atoms with Gasteiger partial charge in [0.05, 0.1) is 12.7 Å². The van der Waals surface area contributed by atoms with Gasteiger partial charge in [-0.05, 0) is 37.1 Å². The molecule has 1 aliphatic rings. The third-order valence-corrected chi connectivity index (χ3v) is 4.07. The monoisotopic (exact) mass is 341 g/mol. The molecule has 0 saturated carbocycles. The normalized spacial score (nSPS) is 17.2. The summed E-state index contributed by atoms with van der Waals surface area (Å²) < 4.78 is 5.55. The summed E-state index contributed by atoms with van der Waals surface area (Å²) >= 11 is 0. The molecule has 2 aromatic rings. The van der Waals surface area contributed by atoms with Crippen LogP contribution in [0.4, 0.5) is 16.4 Å². The van der Waals surface area contributed by atoms with Crippen molar-refractivity contribution in [3.05, 3.63) is 47.8 Å². The lowest BCUT2D eigenvalue weighted by atomic mass is 10.2. The van der Waals surface area contributed by atoms with E-state index < -0.39 is 0 Å². The number of morpholine rings is 1. The first-order chi connectivity index (χ1) is 12.1. The van der Waals surface area contributed by atoms with Crippen LogP contribution in [-0.4, -0.2) is 41.8 Å². The van der Waals surface area contributed by atoms with Gasteiger partial charge in [0.2, 0.25) is 0 Å². The average Bonchev–Trinajstić information content (AvgIpc) is 2.62. The van der Waals surface area contributed by atoms with Gasteiger partial charge in [-0.15, -0.1) is 0 Å². The van der Waals surface area contributed by atoms with Crippen molar-refractivity contribution in [1.82, 2.24) is 15.3 Å². The summed E-state index contributed by atoms with van der Waals surface area (Å²) in [5, 5.41) is 5.56. The lowest BCUT2D eigenvalue weighted by Crippen LogP contribution is -2.41. The quantitative estimate of drug-likeness (QED) is 0.892. The molecule has 0 radical (unpaired) electrons. The van der Waals surface area contributed by atoms with Crippen molar-refractivity contribution in [2.75, 3.05) is 29.9 Å². The van der Waals surface area contributed by atoms with E-state index in [1.54, 1.807) is 12.4 Å². The van der Waals surface area contributed by atoms with Crippen LogP contribution in [0.25, 0.3) is 0 Å². The molecule has 3 rings (SSSR count). The molecule has 2 aromatic heterocycles. The number of rotatable bonds is 4. The van der Waals surface area contributed by atoms with Gasteiger partial charge in [-0.2, -0.15) is 0 Å². The van der Waals surface area contributed by atoms with Crippen LogP contribution in [0.3, 0.4) is 0 Å². The first kappa shape index (κ1) is 17.2. The summed E-state index contributed by atoms with van der Waals surface area (Å²) in [5.74, 6) is 1.50. The predicted molar refractivity (Wildman–Crippen MR) is 96.7 cm³/mol. The van der Waals surface area contributed by atoms with E-state index in [4.69, 9.17) is 4.74 Å². The molecule has 2 N–H and O–H groups in total. The maximum atomic E-state index is 12.0. The Morgan fingerprint density at radius 2 is 2.24 bits per heavy atom. The SMILES string of the molecule is Cc1cccnc1NC(=O)NCc1ccc(N2CCOC(C)C2)nc1. The van der Waals surface area contributed by atoms with E-state index in [0.29, 0.717) is 12.4 Å². The molecule has 7 heteroatoms. The summed E-state index contributed by atoms with van der Waals surface area (Å²) in [5.41, 5.74) is 1.86. The Hall–Kier alpha value is -2.67. The largest absolute Gasteiger partial charge is 0.375 e. The van der Waals surface area contributed by atoms with Crippen LogP contribution < -0.4 is 15.5 Å². The van der Waals surface area contributed by atoms with Crippen LogP contribution in [0.2, 0.25) is 0 Å². The van der Waals surface area contributed by atoms with Crippen LogP contribution in [0.1, 0.15) is 18.1 Å². The molecule has 2 amide bonds. The minimum Gasteiger partial charge on any atom is -0.375 e. The summed E-state index contributed by atoms with van der Waals surface area (Å²) in [7, 11) is 0. The highest BCUT2D eigenvalue weighted by Crippen LogP contribution is 2.15. The van der Waals surface area contributed by atoms with Crippen molar-refractivity contribution in [3.63, 3.8) is 0 Å². The van der Waals surface area contributed by atoms with Gasteiger partial charge in [0.15, 0.2) is 0 Å². The number of aromatic nitrogens is 2. The molecule has 0 spiro atoms. The number of ether oxygens (including phenoxy) is 1. The van der Waals surface area contributed by atoms with Crippen molar-refractivity contribution in [2.45, 2.75) is 26.5 Å². The van der Waals surface area contributed by atoms with Crippen molar-refractivity contribution in [2.24, 2.45) is 0 Å². The molecule has 0 aliphatic carbocycles. The molecule has 0 aromatic carbocycles. The van der Waals surface area contributed by atoms with Gasteiger partial charge in [-0.25, -0.2) is 14.8 Å². The fraction of sp³-hybridized carbons (Fsp3) is 0.389. The third kappa shape index (κ3) is 4.67. The van der Waals surface area contributed by atoms with E-state index in [-0.39, 0.29) is 12.1 Å². The number of pyridine rings is 2. The topological polar surface area (TPSA) is 79.4 Å². The Morgan fingerprint density at radius 1 is 1.36 bits per heavy atom. The zero-order chi connectivity index (χ0) is 17.6. The van der Waals surface area contributed by atoms with E-state index in [2.05, 4.69) is 32.4 Å². The standard InChI is InChI=1S/C18H23N5O2/c1-13-4-3-7-19-17(13)22-18(24)21-11-15-5-6-16(20-10-15)23-8-9-25-14(2)12-23/h3-7,10,14H,8-9,11-12H2,1-2H3,(H2,19,21,22,24). The fourth-order valence-corrected chi connectivity index (χ4v) is 2.69. The zero-order valence-electron chi connectivity index (χ0n) is 14.5. The molecule has 132 valence electrons. The van der Waals surface area contributed by atoms with Crippen LogP contribution >= 0.6 is 0 Å². The second kappa shape index (κ2) is 7.94. The van der Waals surface area contributed by atoms with Crippen LogP contribution in [-0.2, 0) is 11.3 Å². The highest BCUT2D eigenvalue weighted by atomic mass is 16.5. The predicted octanol–water partition coefficient (Wildman–Crippen LogP) is 2.33. The number of nitrogens with one attached hydrogen (secondary N) is 2. The number of carbonyl (C=O) groups excluding carboxylic acids is 1. The highest BCUT2D eigenvalue weighted by molar-refractivity contribution is 5.88. The van der Waals surface area contributed by atoms with Gasteiger partial charge >= 0.3 is 6.03 Å². The minimum atomic E-state index is -0.284. The molecule has 7 nitrogen and oxygen atoms in total. The lowest BCUT2D eigenvalue weighted by molar-refractivity contribution is 0.0529. The van der Waals surface area contributed by atoms with E-state index in [0.717, 1.165) is 36.6 Å². The third-order valence-electron chi connectivity index (χ3n) is 4.07. The zero-order valence-corrected chi connectivity index (χ0v) is 14.5. The Bertz CT molecular complexity index is 720. The summed E-state index contributed by atoms with van der Waals surface area (Å²) in [4.78, 5) is 22.8. The molecular weight excluding hydrogens is 318 g/mol. The van der Waals surface area contributed by atoms with Gasteiger partial charge in [0.1, 0.15) is 11.6 Å². The number of nitrogens with zero attached hydrogens (tertiary/aromatic N) is 3. The summed E-state index contributed by atoms with van der Waals surface area (Å²) in [6.45, 7) is 6.78. The molecule has 25 heavy (non-hydrogen) atoms. The maximum absolute atomic E-state index is 12.0.